The summed E-state index contributed by atoms with van der Waals surface area (Å²) in [6, 6.07) is 0. The molecule has 2 nitrogen and oxygen atoms in total. The fraction of sp³-hybridized carbons (Fsp3) is 0.556. The van der Waals surface area contributed by atoms with Crippen LogP contribution in [0.1, 0.15) is 19.3 Å². The minimum atomic E-state index is 0.147. The Balaban J connectivity index is 2.27. The molecule has 1 atom stereocenters. The molecule has 0 aromatic rings. The molecule has 0 aromatic carbocycles. The van der Waals surface area contributed by atoms with Crippen LogP contribution in [0.2, 0.25) is 0 Å². The first-order chi connectivity index (χ1) is 5.38. The molecule has 1 heterocycles. The van der Waals surface area contributed by atoms with E-state index in [9.17, 15) is 4.79 Å². The van der Waals surface area contributed by atoms with Crippen molar-refractivity contribution in [2.24, 2.45) is 10.9 Å². The number of carbonyl (C=O) groups is 1. The van der Waals surface area contributed by atoms with Gasteiger partial charge in [0.1, 0.15) is 5.78 Å². The number of fused-ring (bicyclic) bond motifs is 1. The lowest BCUT2D eigenvalue weighted by molar-refractivity contribution is -0.121. The largest absolute Gasteiger partial charge is 0.299 e. The second-order valence-corrected chi connectivity index (χ2v) is 3.05. The predicted molar refractivity (Wildman–Crippen MR) is 43.8 cm³/mol. The maximum atomic E-state index is 11.3. The molecule has 0 fully saturated rings. The standard InChI is InChI=1S/C9H11NO/c11-9-5-6-10-8-4-2-1-3-7(8)9/h1-2,7H,3-6H2. The van der Waals surface area contributed by atoms with Crippen LogP contribution in [0.5, 0.6) is 0 Å². The maximum absolute atomic E-state index is 11.3. The van der Waals surface area contributed by atoms with Crippen molar-refractivity contribution in [3.63, 3.8) is 0 Å². The van der Waals surface area contributed by atoms with Gasteiger partial charge in [0.2, 0.25) is 0 Å². The minimum absolute atomic E-state index is 0.147. The highest BCUT2D eigenvalue weighted by Gasteiger charge is 2.26. The molecule has 0 bridgehead atoms. The van der Waals surface area contributed by atoms with Crippen molar-refractivity contribution in [1.29, 1.82) is 0 Å². The zero-order chi connectivity index (χ0) is 7.68. The highest BCUT2D eigenvalue weighted by molar-refractivity contribution is 6.07. The van der Waals surface area contributed by atoms with Crippen molar-refractivity contribution in [2.75, 3.05) is 6.54 Å². The zero-order valence-electron chi connectivity index (χ0n) is 6.42. The summed E-state index contributed by atoms with van der Waals surface area (Å²) in [5, 5.41) is 0. The second-order valence-electron chi connectivity index (χ2n) is 3.05. The van der Waals surface area contributed by atoms with Gasteiger partial charge in [-0.1, -0.05) is 12.2 Å². The summed E-state index contributed by atoms with van der Waals surface area (Å²) < 4.78 is 0. The predicted octanol–water partition coefficient (Wildman–Crippen LogP) is 1.37. The summed E-state index contributed by atoms with van der Waals surface area (Å²) in [6.45, 7) is 0.721. The monoisotopic (exact) mass is 149 g/mol. The van der Waals surface area contributed by atoms with E-state index in [-0.39, 0.29) is 5.92 Å². The number of carbonyl (C=O) groups excluding carboxylic acids is 1. The quantitative estimate of drug-likeness (QED) is 0.478. The van der Waals surface area contributed by atoms with Gasteiger partial charge >= 0.3 is 0 Å². The van der Waals surface area contributed by atoms with Crippen LogP contribution in [0.4, 0.5) is 0 Å². The van der Waals surface area contributed by atoms with E-state index in [1.807, 2.05) is 0 Å². The Morgan fingerprint density at radius 3 is 3.18 bits per heavy atom. The molecule has 0 radical (unpaired) electrons. The lowest BCUT2D eigenvalue weighted by atomic mass is 9.85. The first-order valence-electron chi connectivity index (χ1n) is 4.09. The Hall–Kier alpha value is -0.920. The number of rotatable bonds is 0. The first-order valence-corrected chi connectivity index (χ1v) is 4.09. The average Bonchev–Trinajstić information content (AvgIpc) is 2.06. The summed E-state index contributed by atoms with van der Waals surface area (Å²) >= 11 is 0. The van der Waals surface area contributed by atoms with Crippen molar-refractivity contribution in [2.45, 2.75) is 19.3 Å². The highest BCUT2D eigenvalue weighted by Crippen LogP contribution is 2.21. The highest BCUT2D eigenvalue weighted by atomic mass is 16.1. The Kier molecular flexibility index (Phi) is 1.60. The van der Waals surface area contributed by atoms with Gasteiger partial charge in [-0.2, -0.15) is 0 Å². The van der Waals surface area contributed by atoms with Gasteiger partial charge in [0.25, 0.3) is 0 Å². The first kappa shape index (κ1) is 6.77. The molecule has 1 aliphatic carbocycles. The Morgan fingerprint density at radius 1 is 1.45 bits per heavy atom. The van der Waals surface area contributed by atoms with Crippen LogP contribution in [0.15, 0.2) is 17.1 Å². The normalized spacial score (nSPS) is 29.6. The summed E-state index contributed by atoms with van der Waals surface area (Å²) in [4.78, 5) is 15.7. The molecule has 1 unspecified atom stereocenters. The lowest BCUT2D eigenvalue weighted by Gasteiger charge is -2.22. The molecule has 2 rings (SSSR count). The van der Waals surface area contributed by atoms with Crippen molar-refractivity contribution in [1.82, 2.24) is 0 Å². The van der Waals surface area contributed by atoms with Crippen molar-refractivity contribution >= 4 is 11.5 Å². The molecule has 58 valence electrons. The van der Waals surface area contributed by atoms with Gasteiger partial charge in [-0.25, -0.2) is 0 Å². The molecule has 2 aliphatic rings. The number of allylic oxidation sites excluding steroid dienone is 2. The summed E-state index contributed by atoms with van der Waals surface area (Å²) in [5.41, 5.74) is 1.11. The van der Waals surface area contributed by atoms with E-state index in [1.54, 1.807) is 0 Å². The smallest absolute Gasteiger partial charge is 0.143 e. The van der Waals surface area contributed by atoms with Crippen LogP contribution in [-0.2, 0) is 4.79 Å². The van der Waals surface area contributed by atoms with E-state index in [1.165, 1.54) is 0 Å². The van der Waals surface area contributed by atoms with E-state index < -0.39 is 0 Å². The van der Waals surface area contributed by atoms with Crippen LogP contribution in [0, 0.1) is 5.92 Å². The van der Waals surface area contributed by atoms with Gasteiger partial charge in [-0.3, -0.25) is 9.79 Å². The van der Waals surface area contributed by atoms with E-state index in [4.69, 9.17) is 0 Å². The molecule has 11 heavy (non-hydrogen) atoms. The van der Waals surface area contributed by atoms with E-state index in [0.717, 1.165) is 25.1 Å². The number of ketones is 1. The molecule has 0 saturated heterocycles. The lowest BCUT2D eigenvalue weighted by Crippen LogP contribution is -2.29. The maximum Gasteiger partial charge on any atom is 0.143 e. The topological polar surface area (TPSA) is 29.4 Å². The molecule has 2 heteroatoms. The number of Topliss-reactive ketones (excluding diaryl/α,β-unsaturated/α-hetero) is 1. The molecule has 0 amide bonds. The van der Waals surface area contributed by atoms with Gasteiger partial charge in [-0.15, -0.1) is 0 Å². The van der Waals surface area contributed by atoms with Gasteiger partial charge in [0.15, 0.2) is 0 Å². The summed E-state index contributed by atoms with van der Waals surface area (Å²) in [7, 11) is 0. The van der Waals surface area contributed by atoms with Crippen LogP contribution in [0.3, 0.4) is 0 Å². The molecule has 1 aliphatic heterocycles. The number of aliphatic imine (C=N–C) groups is 1. The molecular weight excluding hydrogens is 138 g/mol. The third kappa shape index (κ3) is 1.13. The molecule has 0 aromatic heterocycles. The van der Waals surface area contributed by atoms with Gasteiger partial charge in [0.05, 0.1) is 5.92 Å². The van der Waals surface area contributed by atoms with Crippen LogP contribution >= 0.6 is 0 Å². The third-order valence-corrected chi connectivity index (χ3v) is 2.33. The Labute approximate surface area is 66.0 Å². The minimum Gasteiger partial charge on any atom is -0.299 e. The van der Waals surface area contributed by atoms with Gasteiger partial charge in [0, 0.05) is 25.1 Å². The van der Waals surface area contributed by atoms with Crippen molar-refractivity contribution in [3.8, 4) is 0 Å². The van der Waals surface area contributed by atoms with Gasteiger partial charge in [-0.05, 0) is 6.42 Å². The molecular formula is C9H11NO. The van der Waals surface area contributed by atoms with Gasteiger partial charge < -0.3 is 0 Å². The fourth-order valence-electron chi connectivity index (χ4n) is 1.69. The molecule has 0 saturated carbocycles. The van der Waals surface area contributed by atoms with E-state index >= 15 is 0 Å². The Bertz CT molecular complexity index is 240. The fourth-order valence-corrected chi connectivity index (χ4v) is 1.69. The van der Waals surface area contributed by atoms with Crippen LogP contribution in [-0.4, -0.2) is 18.0 Å². The van der Waals surface area contributed by atoms with Crippen LogP contribution < -0.4 is 0 Å². The van der Waals surface area contributed by atoms with E-state index in [2.05, 4.69) is 17.1 Å². The third-order valence-electron chi connectivity index (χ3n) is 2.33. The number of hydrogen-bond acceptors (Lipinski definition) is 2. The van der Waals surface area contributed by atoms with Crippen molar-refractivity contribution < 1.29 is 4.79 Å². The van der Waals surface area contributed by atoms with Crippen molar-refractivity contribution in [3.05, 3.63) is 12.2 Å². The van der Waals surface area contributed by atoms with Crippen LogP contribution in [0.25, 0.3) is 0 Å². The summed E-state index contributed by atoms with van der Waals surface area (Å²) in [6.07, 6.45) is 6.64. The SMILES string of the molecule is O=C1CCN=C2CC=CCC12. The summed E-state index contributed by atoms with van der Waals surface area (Å²) in [5.74, 6) is 0.535. The number of nitrogens with zero attached hydrogens (tertiary/aromatic N) is 1. The number of hydrogen-bond donors (Lipinski definition) is 0. The molecule has 0 spiro atoms. The average molecular weight is 149 g/mol. The molecule has 0 N–H and O–H groups in total. The Morgan fingerprint density at radius 2 is 2.36 bits per heavy atom. The zero-order valence-corrected chi connectivity index (χ0v) is 6.42. The second kappa shape index (κ2) is 2.61. The van der Waals surface area contributed by atoms with E-state index in [0.29, 0.717) is 12.2 Å².